The van der Waals surface area contributed by atoms with Gasteiger partial charge in [0.2, 0.25) is 5.88 Å². The number of carbonyl (C=O) groups is 2. The zero-order chi connectivity index (χ0) is 38.6. The second kappa shape index (κ2) is 12.6. The zero-order valence-corrected chi connectivity index (χ0v) is 30.4. The molecule has 288 valence electrons. The third-order valence-corrected chi connectivity index (χ3v) is 11.5. The van der Waals surface area contributed by atoms with Gasteiger partial charge in [-0.05, 0) is 69.8 Å². The number of fused-ring (bicyclic) bond motifs is 7. The van der Waals surface area contributed by atoms with E-state index in [4.69, 9.17) is 23.6 Å². The Hall–Kier alpha value is -5.34. The second-order valence-corrected chi connectivity index (χ2v) is 16.0. The number of hydrogen-bond donors (Lipinski definition) is 2. The molecule has 2 aromatic carbocycles. The van der Waals surface area contributed by atoms with E-state index in [0.29, 0.717) is 41.8 Å². The number of benzene rings is 2. The molecule has 7 heterocycles. The van der Waals surface area contributed by atoms with Crippen molar-refractivity contribution in [3.63, 3.8) is 0 Å². The molecule has 5 aliphatic heterocycles. The number of alkyl halides is 1. The molecule has 0 aliphatic carbocycles. The summed E-state index contributed by atoms with van der Waals surface area (Å²) in [5.41, 5.74) is -1.49. The van der Waals surface area contributed by atoms with Gasteiger partial charge in [-0.15, -0.1) is 0 Å². The van der Waals surface area contributed by atoms with Crippen LogP contribution in [0, 0.1) is 23.0 Å². The van der Waals surface area contributed by atoms with E-state index in [9.17, 15) is 24.3 Å². The molecule has 17 heteroatoms. The van der Waals surface area contributed by atoms with Gasteiger partial charge in [0.05, 0.1) is 41.6 Å². The van der Waals surface area contributed by atoms with Crippen LogP contribution in [-0.2, 0) is 22.7 Å². The molecular formula is C38H38F3N7O7. The molecule has 0 radical (unpaired) electrons. The number of rotatable bonds is 6. The van der Waals surface area contributed by atoms with Gasteiger partial charge < -0.3 is 33.5 Å². The van der Waals surface area contributed by atoms with Gasteiger partial charge in [-0.2, -0.15) is 15.2 Å². The fraction of sp³-hybridized carbons (Fsp3) is 0.500. The first kappa shape index (κ1) is 35.4. The number of halogens is 3. The molecule has 0 saturated carbocycles. The zero-order valence-electron chi connectivity index (χ0n) is 30.4. The summed E-state index contributed by atoms with van der Waals surface area (Å²) in [6, 6.07) is 3.64. The number of amides is 2. The highest BCUT2D eigenvalue weighted by molar-refractivity contribution is 6.07. The molecule has 0 unspecified atom stereocenters. The SMILES string of the molecule is CC(C)(C)OC(=O)Nc1oc2ccc(F)c(-c3c4c(c5c(N6C[C@H]7C[C@@H]6CN7C(=O)O)nc(OC[C@@]67CCCN6C[C@H](F)C7)nc5c3F)COC4)c2c1C#N. The Morgan fingerprint density at radius 1 is 1.11 bits per heavy atom. The van der Waals surface area contributed by atoms with Crippen LogP contribution in [0.5, 0.6) is 6.01 Å². The smallest absolute Gasteiger partial charge is 0.414 e. The molecule has 2 amide bonds. The van der Waals surface area contributed by atoms with Crippen molar-refractivity contribution in [2.24, 2.45) is 0 Å². The van der Waals surface area contributed by atoms with Crippen molar-refractivity contribution in [3.05, 3.63) is 40.5 Å². The molecule has 0 spiro atoms. The minimum Gasteiger partial charge on any atom is -0.465 e. The van der Waals surface area contributed by atoms with E-state index in [1.54, 1.807) is 20.8 Å². The van der Waals surface area contributed by atoms with Gasteiger partial charge in [-0.25, -0.2) is 22.8 Å². The van der Waals surface area contributed by atoms with Gasteiger partial charge in [-0.3, -0.25) is 10.2 Å². The number of nitrogens with one attached hydrogen (secondary N) is 1. The van der Waals surface area contributed by atoms with Crippen LogP contribution in [0.15, 0.2) is 16.5 Å². The molecule has 5 aliphatic rings. The fourth-order valence-corrected chi connectivity index (χ4v) is 9.33. The summed E-state index contributed by atoms with van der Waals surface area (Å²) >= 11 is 0. The summed E-state index contributed by atoms with van der Waals surface area (Å²) in [5, 5.41) is 22.8. The minimum atomic E-state index is -1.02. The van der Waals surface area contributed by atoms with Crippen LogP contribution in [0.1, 0.15) is 63.1 Å². The van der Waals surface area contributed by atoms with Crippen molar-refractivity contribution in [1.82, 2.24) is 19.8 Å². The number of likely N-dealkylation sites (tertiary alicyclic amines) is 1. The second-order valence-electron chi connectivity index (χ2n) is 16.0. The number of ether oxygens (including phenoxy) is 3. The van der Waals surface area contributed by atoms with Gasteiger partial charge in [0.1, 0.15) is 52.7 Å². The van der Waals surface area contributed by atoms with E-state index < -0.39 is 41.1 Å². The Bertz CT molecular complexity index is 2340. The Kier molecular flexibility index (Phi) is 8.10. The molecule has 2 N–H and O–H groups in total. The summed E-state index contributed by atoms with van der Waals surface area (Å²) in [4.78, 5) is 39.5. The van der Waals surface area contributed by atoms with E-state index in [2.05, 4.69) is 15.2 Å². The van der Waals surface area contributed by atoms with Crippen molar-refractivity contribution < 1.29 is 46.5 Å². The first-order valence-corrected chi connectivity index (χ1v) is 18.3. The van der Waals surface area contributed by atoms with Crippen molar-refractivity contribution in [3.8, 4) is 23.2 Å². The Morgan fingerprint density at radius 3 is 2.64 bits per heavy atom. The lowest BCUT2D eigenvalue weighted by Gasteiger charge is -2.34. The summed E-state index contributed by atoms with van der Waals surface area (Å²) in [7, 11) is 0. The van der Waals surface area contributed by atoms with Crippen LogP contribution < -0.4 is 15.0 Å². The number of nitrogens with zero attached hydrogens (tertiary/aromatic N) is 6. The Labute approximate surface area is 312 Å². The Morgan fingerprint density at radius 2 is 1.91 bits per heavy atom. The molecule has 4 aromatic rings. The molecule has 4 saturated heterocycles. The topological polar surface area (TPSA) is 167 Å². The van der Waals surface area contributed by atoms with E-state index in [0.717, 1.165) is 25.5 Å². The molecule has 2 bridgehead atoms. The van der Waals surface area contributed by atoms with Crippen molar-refractivity contribution in [1.29, 1.82) is 5.26 Å². The van der Waals surface area contributed by atoms with Crippen LogP contribution in [-0.4, -0.2) is 99.2 Å². The molecule has 14 nitrogen and oxygen atoms in total. The standard InChI is InChI=1S/C38H38F3N7O7/c1-37(2,3)55-35(49)45-33-21(11-42)26-25(54-33)6-5-24(40)29(26)27-22-15-52-16-23(22)28-31(30(27)41)43-34(53-17-38-7-4-8-46(38)12-18(39)10-38)44-32(28)47-13-20-9-19(47)14-48(20)36(50)51/h5-6,18-20H,4,7-10,12-17H2,1-3H3,(H,45,49)(H,50,51)/t18-,19-,20-,38+/m1/s1. The normalized spacial score (nSPS) is 24.5. The monoisotopic (exact) mass is 761 g/mol. The van der Waals surface area contributed by atoms with Crippen molar-refractivity contribution in [2.45, 2.75) is 89.1 Å². The summed E-state index contributed by atoms with van der Waals surface area (Å²) in [6.07, 6.45) is -0.492. The maximum absolute atomic E-state index is 17.6. The van der Waals surface area contributed by atoms with Crippen molar-refractivity contribution in [2.75, 3.05) is 43.0 Å². The van der Waals surface area contributed by atoms with Crippen LogP contribution in [0.4, 0.5) is 34.5 Å². The largest absolute Gasteiger partial charge is 0.465 e. The lowest BCUT2D eigenvalue weighted by atomic mass is 9.90. The third-order valence-electron chi connectivity index (χ3n) is 11.5. The number of piperazine rings is 1. The van der Waals surface area contributed by atoms with E-state index in [-0.39, 0.29) is 89.9 Å². The summed E-state index contributed by atoms with van der Waals surface area (Å²) in [5.74, 6) is -1.74. The number of furan rings is 1. The molecular weight excluding hydrogens is 723 g/mol. The third kappa shape index (κ3) is 5.67. The molecule has 9 rings (SSSR count). The quantitative estimate of drug-likeness (QED) is 0.220. The van der Waals surface area contributed by atoms with Gasteiger partial charge in [-0.1, -0.05) is 0 Å². The first-order chi connectivity index (χ1) is 26.2. The predicted molar refractivity (Wildman–Crippen MR) is 191 cm³/mol. The highest BCUT2D eigenvalue weighted by atomic mass is 19.1. The molecule has 4 atom stereocenters. The van der Waals surface area contributed by atoms with Crippen LogP contribution in [0.2, 0.25) is 0 Å². The van der Waals surface area contributed by atoms with Crippen LogP contribution >= 0.6 is 0 Å². The maximum atomic E-state index is 17.6. The van der Waals surface area contributed by atoms with Gasteiger partial charge in [0.15, 0.2) is 5.82 Å². The fourth-order valence-electron chi connectivity index (χ4n) is 9.33. The average molecular weight is 762 g/mol. The van der Waals surface area contributed by atoms with Gasteiger partial charge in [0.25, 0.3) is 0 Å². The van der Waals surface area contributed by atoms with E-state index in [1.807, 2.05) is 11.0 Å². The maximum Gasteiger partial charge on any atom is 0.414 e. The van der Waals surface area contributed by atoms with E-state index >= 15 is 8.78 Å². The number of aromatic nitrogens is 2. The number of carbonyl (C=O) groups excluding carboxylic acids is 1. The number of anilines is 2. The number of carboxylic acid groups (broad SMARTS) is 1. The van der Waals surface area contributed by atoms with Crippen LogP contribution in [0.3, 0.4) is 0 Å². The number of nitriles is 1. The summed E-state index contributed by atoms with van der Waals surface area (Å²) in [6.45, 7) is 6.53. The lowest BCUT2D eigenvalue weighted by molar-refractivity contribution is 0.0632. The first-order valence-electron chi connectivity index (χ1n) is 18.3. The average Bonchev–Trinajstić information content (AvgIpc) is 3.97. The Balaban J connectivity index is 1.22. The summed E-state index contributed by atoms with van der Waals surface area (Å²) < 4.78 is 71.9. The van der Waals surface area contributed by atoms with Crippen molar-refractivity contribution >= 4 is 45.8 Å². The molecule has 4 fully saturated rings. The highest BCUT2D eigenvalue weighted by Crippen LogP contribution is 2.49. The predicted octanol–water partition coefficient (Wildman–Crippen LogP) is 6.47. The minimum absolute atomic E-state index is 0.00830. The lowest BCUT2D eigenvalue weighted by Crippen LogP contribution is -2.48. The van der Waals surface area contributed by atoms with Crippen LogP contribution in [0.25, 0.3) is 33.0 Å². The molecule has 2 aromatic heterocycles. The molecule has 55 heavy (non-hydrogen) atoms. The highest BCUT2D eigenvalue weighted by Gasteiger charge is 2.50. The van der Waals surface area contributed by atoms with Gasteiger partial charge in [0, 0.05) is 37.2 Å². The van der Waals surface area contributed by atoms with E-state index in [1.165, 1.54) is 11.0 Å². The van der Waals surface area contributed by atoms with Gasteiger partial charge >= 0.3 is 18.2 Å². The number of hydrogen-bond acceptors (Lipinski definition) is 11.